The minimum atomic E-state index is -0.373. The van der Waals surface area contributed by atoms with E-state index in [0.717, 1.165) is 17.3 Å². The van der Waals surface area contributed by atoms with E-state index >= 15 is 0 Å². The number of nitrogens with zero attached hydrogens (tertiary/aromatic N) is 1. The van der Waals surface area contributed by atoms with E-state index in [1.54, 1.807) is 56.7 Å². The summed E-state index contributed by atoms with van der Waals surface area (Å²) in [7, 11) is 3.09. The van der Waals surface area contributed by atoms with E-state index in [4.69, 9.17) is 31.2 Å². The molecule has 31 heavy (non-hydrogen) atoms. The fourth-order valence-electron chi connectivity index (χ4n) is 3.05. The molecule has 0 aliphatic carbocycles. The molecule has 2 aliphatic heterocycles. The van der Waals surface area contributed by atoms with E-state index in [1.165, 1.54) is 4.90 Å². The van der Waals surface area contributed by atoms with Crippen LogP contribution in [0.2, 0.25) is 0 Å². The number of hydrogen-bond acceptors (Lipinski definition) is 8. The van der Waals surface area contributed by atoms with Gasteiger partial charge in [0.15, 0.2) is 23.0 Å². The molecule has 0 unspecified atom stereocenters. The number of carbonyl (C=O) groups excluding carboxylic acids is 2. The normalized spacial score (nSPS) is 16.1. The Balaban J connectivity index is 1.44. The molecule has 0 spiro atoms. The summed E-state index contributed by atoms with van der Waals surface area (Å²) < 4.78 is 21.4. The van der Waals surface area contributed by atoms with Gasteiger partial charge in [-0.05, 0) is 35.9 Å². The summed E-state index contributed by atoms with van der Waals surface area (Å²) in [5, 5.41) is 2.74. The zero-order valence-electron chi connectivity index (χ0n) is 16.7. The van der Waals surface area contributed by atoms with Gasteiger partial charge in [0.05, 0.1) is 19.1 Å². The van der Waals surface area contributed by atoms with Crippen LogP contribution in [0.1, 0.15) is 5.56 Å². The second-order valence-corrected chi connectivity index (χ2v) is 8.17. The number of anilines is 1. The van der Waals surface area contributed by atoms with Crippen LogP contribution in [0.25, 0.3) is 6.08 Å². The number of nitrogens with one attached hydrogen (secondary N) is 1. The van der Waals surface area contributed by atoms with Crippen molar-refractivity contribution in [3.63, 3.8) is 0 Å². The Kier molecular flexibility index (Phi) is 6.01. The van der Waals surface area contributed by atoms with Crippen LogP contribution in [-0.2, 0) is 9.59 Å². The van der Waals surface area contributed by atoms with E-state index in [2.05, 4.69) is 5.32 Å². The van der Waals surface area contributed by atoms with E-state index in [0.29, 0.717) is 37.9 Å². The molecule has 0 atom stereocenters. The summed E-state index contributed by atoms with van der Waals surface area (Å²) in [5.74, 6) is 1.62. The van der Waals surface area contributed by atoms with Crippen molar-refractivity contribution in [2.75, 3.05) is 32.9 Å². The summed E-state index contributed by atoms with van der Waals surface area (Å²) in [5.41, 5.74) is 1.29. The molecular formula is C21H18N2O6S2. The average Bonchev–Trinajstić information content (AvgIpc) is 3.33. The Morgan fingerprint density at radius 2 is 1.94 bits per heavy atom. The third kappa shape index (κ3) is 4.44. The highest BCUT2D eigenvalue weighted by atomic mass is 32.2. The number of ether oxygens (including phenoxy) is 4. The molecule has 2 aromatic rings. The van der Waals surface area contributed by atoms with Crippen molar-refractivity contribution in [3.8, 4) is 23.0 Å². The molecule has 1 saturated heterocycles. The second-order valence-electron chi connectivity index (χ2n) is 6.50. The number of methoxy groups -OCH3 is 2. The molecule has 0 saturated carbocycles. The maximum absolute atomic E-state index is 12.8. The van der Waals surface area contributed by atoms with Gasteiger partial charge in [-0.1, -0.05) is 30.0 Å². The third-order valence-electron chi connectivity index (χ3n) is 4.54. The van der Waals surface area contributed by atoms with Crippen LogP contribution in [0.5, 0.6) is 23.0 Å². The molecule has 8 nitrogen and oxygen atoms in total. The van der Waals surface area contributed by atoms with E-state index in [9.17, 15) is 9.59 Å². The summed E-state index contributed by atoms with van der Waals surface area (Å²) in [6, 6.07) is 10.4. The van der Waals surface area contributed by atoms with Crippen LogP contribution in [-0.4, -0.2) is 48.6 Å². The maximum atomic E-state index is 12.8. The molecule has 2 aromatic carbocycles. The van der Waals surface area contributed by atoms with Crippen molar-refractivity contribution in [3.05, 3.63) is 46.9 Å². The van der Waals surface area contributed by atoms with Crippen LogP contribution in [0, 0.1) is 0 Å². The van der Waals surface area contributed by atoms with Crippen molar-refractivity contribution in [2.45, 2.75) is 0 Å². The Morgan fingerprint density at radius 3 is 2.71 bits per heavy atom. The van der Waals surface area contributed by atoms with Crippen LogP contribution < -0.4 is 24.3 Å². The molecule has 0 radical (unpaired) electrons. The zero-order chi connectivity index (χ0) is 22.0. The molecule has 1 fully saturated rings. The minimum Gasteiger partial charge on any atom is -0.493 e. The quantitative estimate of drug-likeness (QED) is 0.522. The molecule has 2 aliphatic rings. The van der Waals surface area contributed by atoms with Crippen molar-refractivity contribution in [2.24, 2.45) is 0 Å². The fourth-order valence-corrected chi connectivity index (χ4v) is 4.30. The lowest BCUT2D eigenvalue weighted by Gasteiger charge is -2.14. The van der Waals surface area contributed by atoms with Crippen molar-refractivity contribution >= 4 is 51.9 Å². The third-order valence-corrected chi connectivity index (χ3v) is 5.91. The van der Waals surface area contributed by atoms with Gasteiger partial charge in [-0.25, -0.2) is 0 Å². The standard InChI is InChI=1S/C21H18N2O6S2/c1-26-14-5-3-12(7-16(14)27-2)8-18-20(25)23(21(30)31-18)10-19(24)22-13-4-6-15-17(9-13)29-11-28-15/h3-9H,10-11H2,1-2H3,(H,22,24). The number of rotatable bonds is 6. The fraction of sp³-hybridized carbons (Fsp3) is 0.190. The van der Waals surface area contributed by atoms with Gasteiger partial charge in [0, 0.05) is 11.8 Å². The topological polar surface area (TPSA) is 86.3 Å². The molecule has 0 aromatic heterocycles. The Morgan fingerprint density at radius 1 is 1.16 bits per heavy atom. The maximum Gasteiger partial charge on any atom is 0.266 e. The van der Waals surface area contributed by atoms with Crippen molar-refractivity contribution < 1.29 is 28.5 Å². The number of benzene rings is 2. The summed E-state index contributed by atoms with van der Waals surface area (Å²) >= 11 is 6.46. The summed E-state index contributed by atoms with van der Waals surface area (Å²) in [6.07, 6.45) is 1.71. The van der Waals surface area contributed by atoms with Gasteiger partial charge in [-0.15, -0.1) is 0 Å². The lowest BCUT2D eigenvalue weighted by atomic mass is 10.2. The molecule has 160 valence electrons. The number of fused-ring (bicyclic) bond motifs is 1. The summed E-state index contributed by atoms with van der Waals surface area (Å²) in [6.45, 7) is -0.0436. The molecular weight excluding hydrogens is 440 g/mol. The van der Waals surface area contributed by atoms with Crippen LogP contribution in [0.4, 0.5) is 5.69 Å². The smallest absolute Gasteiger partial charge is 0.266 e. The van der Waals surface area contributed by atoms with Gasteiger partial charge in [0.2, 0.25) is 12.7 Å². The SMILES string of the molecule is COc1ccc(C=C2SC(=S)N(CC(=O)Nc3ccc4c(c3)OCO4)C2=O)cc1OC. The number of thioether (sulfide) groups is 1. The average molecular weight is 459 g/mol. The van der Waals surface area contributed by atoms with Crippen molar-refractivity contribution in [1.82, 2.24) is 4.90 Å². The highest BCUT2D eigenvalue weighted by Crippen LogP contribution is 2.36. The van der Waals surface area contributed by atoms with E-state index in [-0.39, 0.29) is 25.2 Å². The molecule has 0 bridgehead atoms. The lowest BCUT2D eigenvalue weighted by molar-refractivity contribution is -0.126. The predicted molar refractivity (Wildman–Crippen MR) is 121 cm³/mol. The lowest BCUT2D eigenvalue weighted by Crippen LogP contribution is -2.36. The summed E-state index contributed by atoms with van der Waals surface area (Å²) in [4.78, 5) is 27.0. The van der Waals surface area contributed by atoms with Gasteiger partial charge < -0.3 is 24.3 Å². The number of hydrogen-bond donors (Lipinski definition) is 1. The van der Waals surface area contributed by atoms with E-state index < -0.39 is 0 Å². The monoisotopic (exact) mass is 458 g/mol. The first-order valence-electron chi connectivity index (χ1n) is 9.15. The van der Waals surface area contributed by atoms with E-state index in [1.807, 2.05) is 0 Å². The first kappa shape index (κ1) is 21.0. The van der Waals surface area contributed by atoms with Gasteiger partial charge in [0.25, 0.3) is 5.91 Å². The number of thiocarbonyl (C=S) groups is 1. The number of carbonyl (C=O) groups is 2. The zero-order valence-corrected chi connectivity index (χ0v) is 18.3. The van der Waals surface area contributed by atoms with Gasteiger partial charge in [-0.3, -0.25) is 14.5 Å². The van der Waals surface area contributed by atoms with Crippen molar-refractivity contribution in [1.29, 1.82) is 0 Å². The van der Waals surface area contributed by atoms with Crippen LogP contribution in [0.3, 0.4) is 0 Å². The predicted octanol–water partition coefficient (Wildman–Crippen LogP) is 3.27. The van der Waals surface area contributed by atoms with Crippen LogP contribution in [0.15, 0.2) is 41.3 Å². The molecule has 10 heteroatoms. The van der Waals surface area contributed by atoms with Gasteiger partial charge in [-0.2, -0.15) is 0 Å². The second kappa shape index (κ2) is 8.86. The first-order valence-corrected chi connectivity index (χ1v) is 10.4. The first-order chi connectivity index (χ1) is 15.0. The van der Waals surface area contributed by atoms with Crippen LogP contribution >= 0.6 is 24.0 Å². The highest BCUT2D eigenvalue weighted by Gasteiger charge is 2.33. The van der Waals surface area contributed by atoms with Gasteiger partial charge >= 0.3 is 0 Å². The Bertz CT molecular complexity index is 1100. The van der Waals surface area contributed by atoms with Gasteiger partial charge in [0.1, 0.15) is 10.9 Å². The molecule has 1 N–H and O–H groups in total. The minimum absolute atomic E-state index is 0.148. The largest absolute Gasteiger partial charge is 0.493 e. The molecule has 4 rings (SSSR count). The Labute approximate surface area is 188 Å². The highest BCUT2D eigenvalue weighted by molar-refractivity contribution is 8.26. The molecule has 2 heterocycles. The Hall–Kier alpha value is -3.24. The molecule has 2 amide bonds. The number of amides is 2.